The Bertz CT molecular complexity index is 720. The van der Waals surface area contributed by atoms with E-state index in [-0.39, 0.29) is 0 Å². The first-order valence-electron chi connectivity index (χ1n) is 5.43. The molecule has 0 aliphatic rings. The number of rotatable bonds is 1. The van der Waals surface area contributed by atoms with E-state index in [0.29, 0.717) is 16.0 Å². The van der Waals surface area contributed by atoms with Crippen LogP contribution in [0.2, 0.25) is 10.3 Å². The third-order valence-electron chi connectivity index (χ3n) is 2.84. The fourth-order valence-corrected chi connectivity index (χ4v) is 2.27. The minimum atomic E-state index is 0.408. The minimum absolute atomic E-state index is 0.408. The van der Waals surface area contributed by atoms with Crippen molar-refractivity contribution in [2.75, 3.05) is 0 Å². The van der Waals surface area contributed by atoms with E-state index in [1.54, 1.807) is 10.7 Å². The molecule has 0 spiro atoms. The lowest BCUT2D eigenvalue weighted by Crippen LogP contribution is -1.96. The smallest absolute Gasteiger partial charge is 0.166 e. The summed E-state index contributed by atoms with van der Waals surface area (Å²) in [6.45, 7) is 1.82. The monoisotopic (exact) mass is 277 g/mol. The van der Waals surface area contributed by atoms with Crippen molar-refractivity contribution >= 4 is 28.8 Å². The number of halogens is 2. The molecular weight excluding hydrogens is 269 g/mol. The molecule has 2 heterocycles. The van der Waals surface area contributed by atoms with E-state index in [9.17, 15) is 0 Å². The second kappa shape index (κ2) is 4.26. The van der Waals surface area contributed by atoms with Crippen molar-refractivity contribution < 1.29 is 0 Å². The van der Waals surface area contributed by atoms with Gasteiger partial charge in [0.05, 0.1) is 6.20 Å². The van der Waals surface area contributed by atoms with Crippen LogP contribution in [-0.2, 0) is 0 Å². The summed E-state index contributed by atoms with van der Waals surface area (Å²) in [7, 11) is 0. The molecule has 18 heavy (non-hydrogen) atoms. The lowest BCUT2D eigenvalue weighted by atomic mass is 10.1. The first-order chi connectivity index (χ1) is 8.68. The predicted molar refractivity (Wildman–Crippen MR) is 73.2 cm³/mol. The molecule has 3 nitrogen and oxygen atoms in total. The standard InChI is InChI=1S/C13H9Cl2N3/c1-8-11(14)17-13-10(7-16-18(13)12(8)15)9-5-3-2-4-6-9/h2-7H,1H3. The molecule has 0 N–H and O–H groups in total. The van der Waals surface area contributed by atoms with Crippen molar-refractivity contribution in [3.63, 3.8) is 0 Å². The summed E-state index contributed by atoms with van der Waals surface area (Å²) in [5.41, 5.74) is 3.35. The predicted octanol–water partition coefficient (Wildman–Crippen LogP) is 4.01. The molecule has 0 saturated carbocycles. The summed E-state index contributed by atoms with van der Waals surface area (Å²) in [6.07, 6.45) is 1.75. The van der Waals surface area contributed by atoms with Gasteiger partial charge < -0.3 is 0 Å². The van der Waals surface area contributed by atoms with Gasteiger partial charge in [-0.05, 0) is 12.5 Å². The van der Waals surface area contributed by atoms with Crippen LogP contribution in [0, 0.1) is 6.92 Å². The molecule has 0 radical (unpaired) electrons. The van der Waals surface area contributed by atoms with E-state index < -0.39 is 0 Å². The third-order valence-corrected chi connectivity index (χ3v) is 3.65. The van der Waals surface area contributed by atoms with Crippen LogP contribution in [0.3, 0.4) is 0 Å². The Morgan fingerprint density at radius 1 is 1.11 bits per heavy atom. The van der Waals surface area contributed by atoms with Crippen LogP contribution in [-0.4, -0.2) is 14.6 Å². The topological polar surface area (TPSA) is 30.2 Å². The summed E-state index contributed by atoms with van der Waals surface area (Å²) in [5.74, 6) is 0. The molecule has 0 unspecified atom stereocenters. The van der Waals surface area contributed by atoms with E-state index in [1.807, 2.05) is 37.3 Å². The van der Waals surface area contributed by atoms with Gasteiger partial charge in [-0.25, -0.2) is 9.50 Å². The molecule has 0 atom stereocenters. The quantitative estimate of drug-likeness (QED) is 0.629. The largest absolute Gasteiger partial charge is 0.216 e. The SMILES string of the molecule is Cc1c(Cl)nc2c(-c3ccccc3)cnn2c1Cl. The Morgan fingerprint density at radius 3 is 2.56 bits per heavy atom. The first kappa shape index (κ1) is 11.5. The normalized spacial score (nSPS) is 11.1. The zero-order valence-electron chi connectivity index (χ0n) is 9.56. The van der Waals surface area contributed by atoms with Crippen molar-refractivity contribution in [1.29, 1.82) is 0 Å². The number of fused-ring (bicyclic) bond motifs is 1. The van der Waals surface area contributed by atoms with Crippen LogP contribution >= 0.6 is 23.2 Å². The van der Waals surface area contributed by atoms with Crippen molar-refractivity contribution in [3.8, 4) is 11.1 Å². The van der Waals surface area contributed by atoms with Gasteiger partial charge in [0.25, 0.3) is 0 Å². The minimum Gasteiger partial charge on any atom is -0.216 e. The first-order valence-corrected chi connectivity index (χ1v) is 6.19. The Labute approximate surface area is 114 Å². The van der Waals surface area contributed by atoms with E-state index in [0.717, 1.165) is 16.7 Å². The van der Waals surface area contributed by atoms with Crippen LogP contribution < -0.4 is 0 Å². The highest BCUT2D eigenvalue weighted by atomic mass is 35.5. The van der Waals surface area contributed by atoms with Crippen LogP contribution in [0.15, 0.2) is 36.5 Å². The van der Waals surface area contributed by atoms with Crippen LogP contribution in [0.4, 0.5) is 0 Å². The maximum Gasteiger partial charge on any atom is 0.166 e. The number of hydrogen-bond acceptors (Lipinski definition) is 2. The Morgan fingerprint density at radius 2 is 1.83 bits per heavy atom. The van der Waals surface area contributed by atoms with Crippen molar-refractivity contribution in [2.24, 2.45) is 0 Å². The van der Waals surface area contributed by atoms with Crippen LogP contribution in [0.1, 0.15) is 5.56 Å². The molecule has 0 fully saturated rings. The second-order valence-corrected chi connectivity index (χ2v) is 4.69. The summed E-state index contributed by atoms with van der Waals surface area (Å²) < 4.78 is 1.60. The van der Waals surface area contributed by atoms with Gasteiger partial charge in [-0.3, -0.25) is 0 Å². The molecule has 0 saturated heterocycles. The Hall–Kier alpha value is -1.58. The number of hydrogen-bond donors (Lipinski definition) is 0. The number of benzene rings is 1. The lowest BCUT2D eigenvalue weighted by molar-refractivity contribution is 0.929. The number of nitrogens with zero attached hydrogens (tertiary/aromatic N) is 3. The molecule has 5 heteroatoms. The van der Waals surface area contributed by atoms with Crippen molar-refractivity contribution in [2.45, 2.75) is 6.92 Å². The molecular formula is C13H9Cl2N3. The lowest BCUT2D eigenvalue weighted by Gasteiger charge is -2.04. The number of aromatic nitrogens is 3. The maximum absolute atomic E-state index is 6.21. The van der Waals surface area contributed by atoms with Gasteiger partial charge in [-0.2, -0.15) is 5.10 Å². The molecule has 3 aromatic rings. The Balaban J connectivity index is 2.34. The van der Waals surface area contributed by atoms with Gasteiger partial charge in [0.1, 0.15) is 10.3 Å². The van der Waals surface area contributed by atoms with Gasteiger partial charge in [0, 0.05) is 11.1 Å². The molecule has 90 valence electrons. The van der Waals surface area contributed by atoms with Gasteiger partial charge >= 0.3 is 0 Å². The zero-order valence-corrected chi connectivity index (χ0v) is 11.1. The van der Waals surface area contributed by atoms with Gasteiger partial charge in [0.15, 0.2) is 5.65 Å². The molecule has 0 bridgehead atoms. The fourth-order valence-electron chi connectivity index (χ4n) is 1.84. The highest BCUT2D eigenvalue weighted by molar-refractivity contribution is 6.34. The van der Waals surface area contributed by atoms with Gasteiger partial charge in [-0.1, -0.05) is 53.5 Å². The van der Waals surface area contributed by atoms with Crippen molar-refractivity contribution in [3.05, 3.63) is 52.4 Å². The van der Waals surface area contributed by atoms with E-state index in [2.05, 4.69) is 10.1 Å². The molecule has 1 aromatic carbocycles. The molecule has 3 rings (SSSR count). The van der Waals surface area contributed by atoms with E-state index in [4.69, 9.17) is 23.2 Å². The maximum atomic E-state index is 6.21. The molecule has 0 aliphatic carbocycles. The van der Waals surface area contributed by atoms with Gasteiger partial charge in [-0.15, -0.1) is 0 Å². The van der Waals surface area contributed by atoms with E-state index in [1.165, 1.54) is 0 Å². The third kappa shape index (κ3) is 1.67. The molecule has 0 amide bonds. The zero-order chi connectivity index (χ0) is 12.7. The van der Waals surface area contributed by atoms with Crippen LogP contribution in [0.25, 0.3) is 16.8 Å². The summed E-state index contributed by atoms with van der Waals surface area (Å²) >= 11 is 12.3. The summed E-state index contributed by atoms with van der Waals surface area (Å²) in [5, 5.41) is 5.16. The van der Waals surface area contributed by atoms with Gasteiger partial charge in [0.2, 0.25) is 0 Å². The second-order valence-electron chi connectivity index (χ2n) is 3.98. The van der Waals surface area contributed by atoms with Crippen molar-refractivity contribution in [1.82, 2.24) is 14.6 Å². The summed E-state index contributed by atoms with van der Waals surface area (Å²) in [4.78, 5) is 4.35. The molecule has 2 aromatic heterocycles. The highest BCUT2D eigenvalue weighted by Gasteiger charge is 2.14. The molecule has 0 aliphatic heterocycles. The highest BCUT2D eigenvalue weighted by Crippen LogP contribution is 2.29. The fraction of sp³-hybridized carbons (Fsp3) is 0.0769. The van der Waals surface area contributed by atoms with E-state index >= 15 is 0 Å². The van der Waals surface area contributed by atoms with Crippen LogP contribution in [0.5, 0.6) is 0 Å². The Kier molecular flexibility index (Phi) is 2.73. The average molecular weight is 278 g/mol. The average Bonchev–Trinajstić information content (AvgIpc) is 2.81. The summed E-state index contributed by atoms with van der Waals surface area (Å²) in [6, 6.07) is 9.90.